The van der Waals surface area contributed by atoms with E-state index in [0.29, 0.717) is 5.56 Å². The Labute approximate surface area is 156 Å². The van der Waals surface area contributed by atoms with Crippen molar-refractivity contribution in [2.24, 2.45) is 0 Å². The second kappa shape index (κ2) is 7.15. The van der Waals surface area contributed by atoms with Gasteiger partial charge in [-0.2, -0.15) is 0 Å². The van der Waals surface area contributed by atoms with Crippen molar-refractivity contribution in [1.29, 1.82) is 0 Å². The van der Waals surface area contributed by atoms with Crippen molar-refractivity contribution in [2.45, 2.75) is 26.4 Å². The van der Waals surface area contributed by atoms with Gasteiger partial charge in [-0.15, -0.1) is 0 Å². The van der Waals surface area contributed by atoms with Crippen LogP contribution in [0.2, 0.25) is 0 Å². The third-order valence-corrected chi connectivity index (χ3v) is 4.63. The molecule has 2 aromatic carbocycles. The predicted octanol–water partition coefficient (Wildman–Crippen LogP) is 2.90. The summed E-state index contributed by atoms with van der Waals surface area (Å²) in [5, 5.41) is 0. The van der Waals surface area contributed by atoms with Gasteiger partial charge in [0.25, 0.3) is 11.8 Å². The predicted molar refractivity (Wildman–Crippen MR) is 97.9 cm³/mol. The van der Waals surface area contributed by atoms with E-state index in [1.165, 1.54) is 32.2 Å². The molecule has 0 spiro atoms. The van der Waals surface area contributed by atoms with E-state index in [9.17, 15) is 19.2 Å². The first kappa shape index (κ1) is 18.5. The van der Waals surface area contributed by atoms with Crippen molar-refractivity contribution in [3.05, 3.63) is 70.3 Å². The van der Waals surface area contributed by atoms with Crippen LogP contribution in [-0.4, -0.2) is 41.6 Å². The van der Waals surface area contributed by atoms with Crippen LogP contribution in [0.4, 0.5) is 0 Å². The van der Waals surface area contributed by atoms with E-state index >= 15 is 0 Å². The van der Waals surface area contributed by atoms with Gasteiger partial charge < -0.3 is 4.74 Å². The normalized spacial score (nSPS) is 14.1. The molecule has 1 unspecified atom stereocenters. The van der Waals surface area contributed by atoms with E-state index in [1.807, 2.05) is 19.1 Å². The van der Waals surface area contributed by atoms with E-state index < -0.39 is 23.9 Å². The first-order valence-corrected chi connectivity index (χ1v) is 8.64. The lowest BCUT2D eigenvalue weighted by Gasteiger charge is -2.13. The molecule has 2 amide bonds. The third kappa shape index (κ3) is 3.38. The average molecular weight is 365 g/mol. The molecule has 3 rings (SSSR count). The topological polar surface area (TPSA) is 80.8 Å². The van der Waals surface area contributed by atoms with Crippen molar-refractivity contribution >= 4 is 23.6 Å². The minimum atomic E-state index is -0.974. The van der Waals surface area contributed by atoms with Crippen LogP contribution in [0.25, 0.3) is 0 Å². The van der Waals surface area contributed by atoms with Crippen molar-refractivity contribution in [3.63, 3.8) is 0 Å². The molecule has 0 aromatic heterocycles. The number of fused-ring (bicyclic) bond motifs is 1. The summed E-state index contributed by atoms with van der Waals surface area (Å²) in [5.74, 6) is -1.91. The SMILES string of the molecule is CCc1ccc(C(=O)C(C)OC(=O)c2ccc3c(c2)C(=O)N(C)C3=O)cc1. The highest BCUT2D eigenvalue weighted by molar-refractivity contribution is 6.21. The van der Waals surface area contributed by atoms with Crippen molar-refractivity contribution in [2.75, 3.05) is 7.05 Å². The number of nitrogens with zero attached hydrogens (tertiary/aromatic N) is 1. The number of Topliss-reactive ketones (excluding diaryl/α,β-unsaturated/α-hetero) is 1. The Morgan fingerprint density at radius 1 is 0.963 bits per heavy atom. The minimum absolute atomic E-state index is 0.117. The molecule has 6 nitrogen and oxygen atoms in total. The van der Waals surface area contributed by atoms with Gasteiger partial charge in [-0.25, -0.2) is 4.79 Å². The number of rotatable bonds is 5. The Kier molecular flexibility index (Phi) is 4.90. The second-order valence-corrected chi connectivity index (χ2v) is 6.39. The minimum Gasteiger partial charge on any atom is -0.451 e. The number of ketones is 1. The number of aryl methyl sites for hydroxylation is 1. The van der Waals surface area contributed by atoms with Crippen LogP contribution in [0, 0.1) is 0 Å². The van der Waals surface area contributed by atoms with Crippen molar-refractivity contribution in [3.8, 4) is 0 Å². The zero-order valence-corrected chi connectivity index (χ0v) is 15.3. The molecule has 1 aliphatic heterocycles. The molecule has 0 radical (unpaired) electrons. The van der Waals surface area contributed by atoms with Gasteiger partial charge in [0.15, 0.2) is 6.10 Å². The van der Waals surface area contributed by atoms with Crippen LogP contribution >= 0.6 is 0 Å². The molecule has 1 aliphatic rings. The first-order valence-electron chi connectivity index (χ1n) is 8.64. The van der Waals surface area contributed by atoms with E-state index in [-0.39, 0.29) is 22.5 Å². The maximum absolute atomic E-state index is 12.5. The fourth-order valence-electron chi connectivity index (χ4n) is 2.91. The molecule has 0 aliphatic carbocycles. The summed E-state index contributed by atoms with van der Waals surface area (Å²) in [7, 11) is 1.38. The Bertz CT molecular complexity index is 946. The number of hydrogen-bond donors (Lipinski definition) is 0. The molecule has 0 saturated heterocycles. The highest BCUT2D eigenvalue weighted by Crippen LogP contribution is 2.23. The number of hydrogen-bond acceptors (Lipinski definition) is 5. The van der Waals surface area contributed by atoms with Gasteiger partial charge in [-0.1, -0.05) is 31.2 Å². The summed E-state index contributed by atoms with van der Waals surface area (Å²) in [4.78, 5) is 49.8. The lowest BCUT2D eigenvalue weighted by Crippen LogP contribution is -2.25. The Morgan fingerprint density at radius 3 is 2.19 bits per heavy atom. The molecular formula is C21H19NO5. The lowest BCUT2D eigenvalue weighted by atomic mass is 10.0. The van der Waals surface area contributed by atoms with Gasteiger partial charge in [0.05, 0.1) is 16.7 Å². The maximum Gasteiger partial charge on any atom is 0.338 e. The van der Waals surface area contributed by atoms with Crippen LogP contribution in [-0.2, 0) is 11.2 Å². The standard InChI is InChI=1S/C21H19NO5/c1-4-13-5-7-14(8-6-13)18(23)12(2)27-21(26)15-9-10-16-17(11-15)20(25)22(3)19(16)24/h5-12H,4H2,1-3H3. The molecule has 27 heavy (non-hydrogen) atoms. The third-order valence-electron chi connectivity index (χ3n) is 4.63. The highest BCUT2D eigenvalue weighted by atomic mass is 16.5. The van der Waals surface area contributed by atoms with Crippen LogP contribution in [0.15, 0.2) is 42.5 Å². The van der Waals surface area contributed by atoms with Crippen molar-refractivity contribution < 1.29 is 23.9 Å². The second-order valence-electron chi connectivity index (χ2n) is 6.39. The van der Waals surface area contributed by atoms with Gasteiger partial charge in [0, 0.05) is 12.6 Å². The summed E-state index contributed by atoms with van der Waals surface area (Å²) in [6, 6.07) is 11.3. The fraction of sp³-hybridized carbons (Fsp3) is 0.238. The van der Waals surface area contributed by atoms with Crippen LogP contribution in [0.1, 0.15) is 60.8 Å². The summed E-state index contributed by atoms with van der Waals surface area (Å²) in [5.41, 5.74) is 2.10. The smallest absolute Gasteiger partial charge is 0.338 e. The zero-order valence-electron chi connectivity index (χ0n) is 15.3. The fourth-order valence-corrected chi connectivity index (χ4v) is 2.91. The highest BCUT2D eigenvalue weighted by Gasteiger charge is 2.33. The number of carbonyl (C=O) groups excluding carboxylic acids is 4. The maximum atomic E-state index is 12.5. The largest absolute Gasteiger partial charge is 0.451 e. The van der Waals surface area contributed by atoms with Gasteiger partial charge in [-0.05, 0) is 37.1 Å². The first-order chi connectivity index (χ1) is 12.8. The summed E-state index contributed by atoms with van der Waals surface area (Å²) in [6.45, 7) is 3.53. The quantitative estimate of drug-likeness (QED) is 0.462. The number of benzene rings is 2. The lowest BCUT2D eigenvalue weighted by molar-refractivity contribution is 0.0318. The molecule has 0 bridgehead atoms. The number of amides is 2. The van der Waals surface area contributed by atoms with E-state index in [1.54, 1.807) is 12.1 Å². The molecule has 6 heteroatoms. The summed E-state index contributed by atoms with van der Waals surface area (Å²) >= 11 is 0. The number of carbonyl (C=O) groups is 4. The molecule has 1 atom stereocenters. The molecule has 138 valence electrons. The molecular weight excluding hydrogens is 346 g/mol. The number of esters is 1. The summed E-state index contributed by atoms with van der Waals surface area (Å²) in [6.07, 6.45) is -0.105. The zero-order chi connectivity index (χ0) is 19.7. The molecule has 0 fully saturated rings. The average Bonchev–Trinajstić information content (AvgIpc) is 2.91. The Balaban J connectivity index is 1.74. The monoisotopic (exact) mass is 365 g/mol. The van der Waals surface area contributed by atoms with Crippen molar-refractivity contribution in [1.82, 2.24) is 4.90 Å². The van der Waals surface area contributed by atoms with Gasteiger partial charge in [0.2, 0.25) is 5.78 Å². The van der Waals surface area contributed by atoms with Crippen LogP contribution in [0.5, 0.6) is 0 Å². The van der Waals surface area contributed by atoms with E-state index in [0.717, 1.165) is 16.9 Å². The van der Waals surface area contributed by atoms with Crippen LogP contribution in [0.3, 0.4) is 0 Å². The molecule has 2 aromatic rings. The van der Waals surface area contributed by atoms with Crippen LogP contribution < -0.4 is 0 Å². The van der Waals surface area contributed by atoms with E-state index in [4.69, 9.17) is 4.74 Å². The van der Waals surface area contributed by atoms with Gasteiger partial charge >= 0.3 is 5.97 Å². The van der Waals surface area contributed by atoms with Gasteiger partial charge in [-0.3, -0.25) is 19.3 Å². The molecule has 0 N–H and O–H groups in total. The summed E-state index contributed by atoms with van der Waals surface area (Å²) < 4.78 is 5.26. The number of imide groups is 1. The Hall–Kier alpha value is -3.28. The molecule has 1 heterocycles. The molecule has 0 saturated carbocycles. The number of ether oxygens (including phenoxy) is 1. The van der Waals surface area contributed by atoms with Gasteiger partial charge in [0.1, 0.15) is 0 Å². The van der Waals surface area contributed by atoms with E-state index in [2.05, 4.69) is 0 Å². The Morgan fingerprint density at radius 2 is 1.56 bits per heavy atom.